The second-order valence-corrected chi connectivity index (χ2v) is 3.65. The molecule has 1 aromatic rings. The lowest BCUT2D eigenvalue weighted by Crippen LogP contribution is -1.86. The first-order valence-corrected chi connectivity index (χ1v) is 4.96. The van der Waals surface area contributed by atoms with Crippen molar-refractivity contribution in [2.45, 2.75) is 5.75 Å². The Labute approximate surface area is 82.4 Å². The van der Waals surface area contributed by atoms with E-state index < -0.39 is 10.6 Å². The predicted molar refractivity (Wildman–Crippen MR) is 49.0 cm³/mol. The highest BCUT2D eigenvalue weighted by Gasteiger charge is 1.88. The van der Waals surface area contributed by atoms with Crippen LogP contribution in [0.3, 0.4) is 0 Å². The molecule has 0 aromatic carbocycles. The second-order valence-electron chi connectivity index (χ2n) is 2.15. The second kappa shape index (κ2) is 4.80. The average molecular weight is 215 g/mol. The lowest BCUT2D eigenvalue weighted by atomic mass is 10.3. The SMILES string of the molecule is N#CN=[S-](=O)Cc1ccc(Cl)nc1. The van der Waals surface area contributed by atoms with Gasteiger partial charge in [-0.15, -0.1) is 0 Å². The van der Waals surface area contributed by atoms with E-state index in [0.29, 0.717) is 5.15 Å². The molecular formula is C7H5ClN3OS-. The standard InChI is InChI=1S/C7H5ClN3OS/c8-7-2-1-6(3-10-7)4-13(12)11-5-9/h1-3H,4H2/q-1. The smallest absolute Gasteiger partial charge is 0.180 e. The fraction of sp³-hybridized carbons (Fsp3) is 0.143. The number of rotatable bonds is 2. The molecule has 0 bridgehead atoms. The quantitative estimate of drug-likeness (QED) is 0.429. The Morgan fingerprint density at radius 2 is 2.46 bits per heavy atom. The number of pyridine rings is 1. The molecule has 0 radical (unpaired) electrons. The summed E-state index contributed by atoms with van der Waals surface area (Å²) in [4.78, 5) is 3.80. The molecule has 1 aromatic heterocycles. The molecule has 0 aliphatic rings. The van der Waals surface area contributed by atoms with Crippen molar-refractivity contribution in [1.29, 1.82) is 5.26 Å². The molecule has 0 amide bonds. The maximum Gasteiger partial charge on any atom is 0.180 e. The first-order valence-electron chi connectivity index (χ1n) is 3.31. The van der Waals surface area contributed by atoms with Crippen LogP contribution in [0.1, 0.15) is 5.56 Å². The molecule has 68 valence electrons. The van der Waals surface area contributed by atoms with Gasteiger partial charge in [-0.2, -0.15) is 15.9 Å². The van der Waals surface area contributed by atoms with Gasteiger partial charge in [0.25, 0.3) is 0 Å². The Kier molecular flexibility index (Phi) is 3.68. The topological polar surface area (TPSA) is 66.1 Å². The highest BCUT2D eigenvalue weighted by molar-refractivity contribution is 7.74. The van der Waals surface area contributed by atoms with Crippen molar-refractivity contribution in [3.8, 4) is 6.19 Å². The van der Waals surface area contributed by atoms with Gasteiger partial charge in [0.1, 0.15) is 5.15 Å². The van der Waals surface area contributed by atoms with E-state index in [1.807, 2.05) is 0 Å². The fourth-order valence-corrected chi connectivity index (χ4v) is 1.44. The van der Waals surface area contributed by atoms with Crippen LogP contribution in [-0.2, 0) is 20.6 Å². The third kappa shape index (κ3) is 3.40. The Bertz CT molecular complexity index is 403. The minimum absolute atomic E-state index is 0.192. The van der Waals surface area contributed by atoms with Gasteiger partial charge in [0.15, 0.2) is 6.19 Å². The number of nitrogens with zero attached hydrogens (tertiary/aromatic N) is 3. The Morgan fingerprint density at radius 3 is 3.00 bits per heavy atom. The molecular weight excluding hydrogens is 210 g/mol. The summed E-state index contributed by atoms with van der Waals surface area (Å²) < 4.78 is 14.1. The molecule has 0 atom stereocenters. The van der Waals surface area contributed by atoms with Crippen LogP contribution in [0, 0.1) is 11.5 Å². The summed E-state index contributed by atoms with van der Waals surface area (Å²) in [5.41, 5.74) is 0.738. The largest absolute Gasteiger partial charge is 0.443 e. The number of hydrogen-bond donors (Lipinski definition) is 0. The zero-order valence-electron chi connectivity index (χ0n) is 6.48. The Hall–Kier alpha value is -1.12. The Balaban J connectivity index is 2.77. The van der Waals surface area contributed by atoms with Gasteiger partial charge >= 0.3 is 0 Å². The lowest BCUT2D eigenvalue weighted by molar-refractivity contribution is 0.600. The summed E-state index contributed by atoms with van der Waals surface area (Å²) in [5.74, 6) is 0.192. The number of nitriles is 1. The van der Waals surface area contributed by atoms with Gasteiger partial charge in [-0.25, -0.2) is 4.98 Å². The van der Waals surface area contributed by atoms with Gasteiger partial charge < -0.3 is 4.21 Å². The molecule has 6 heteroatoms. The highest BCUT2D eigenvalue weighted by Crippen LogP contribution is 2.06. The van der Waals surface area contributed by atoms with E-state index in [9.17, 15) is 4.21 Å². The van der Waals surface area contributed by atoms with E-state index in [0.717, 1.165) is 5.56 Å². The molecule has 13 heavy (non-hydrogen) atoms. The van der Waals surface area contributed by atoms with Crippen molar-refractivity contribution in [2.24, 2.45) is 4.36 Å². The lowest BCUT2D eigenvalue weighted by Gasteiger charge is -2.00. The van der Waals surface area contributed by atoms with Crippen LogP contribution in [0.4, 0.5) is 0 Å². The molecule has 0 fully saturated rings. The van der Waals surface area contributed by atoms with Crippen LogP contribution >= 0.6 is 11.6 Å². The van der Waals surface area contributed by atoms with E-state index >= 15 is 0 Å². The predicted octanol–water partition coefficient (Wildman–Crippen LogP) is 1.86. The summed E-state index contributed by atoms with van der Waals surface area (Å²) in [6.07, 6.45) is 2.98. The highest BCUT2D eigenvalue weighted by atomic mass is 35.5. The average Bonchev–Trinajstić information content (AvgIpc) is 2.09. The van der Waals surface area contributed by atoms with Gasteiger partial charge in [-0.05, 0) is 11.6 Å². The van der Waals surface area contributed by atoms with E-state index in [1.165, 1.54) is 12.4 Å². The summed E-state index contributed by atoms with van der Waals surface area (Å²) >= 11 is 5.55. The Morgan fingerprint density at radius 1 is 1.69 bits per heavy atom. The van der Waals surface area contributed by atoms with Crippen molar-refractivity contribution >= 4 is 22.2 Å². The van der Waals surface area contributed by atoms with Crippen LogP contribution in [0.2, 0.25) is 5.15 Å². The molecule has 1 rings (SSSR count). The maximum absolute atomic E-state index is 11.0. The molecule has 0 aliphatic heterocycles. The van der Waals surface area contributed by atoms with Crippen molar-refractivity contribution in [3.63, 3.8) is 0 Å². The van der Waals surface area contributed by atoms with Gasteiger partial charge in [0.05, 0.1) is 0 Å². The first-order chi connectivity index (χ1) is 6.22. The maximum atomic E-state index is 11.0. The van der Waals surface area contributed by atoms with Crippen LogP contribution < -0.4 is 0 Å². The number of hydrogen-bond acceptors (Lipinski definition) is 5. The monoisotopic (exact) mass is 214 g/mol. The zero-order chi connectivity index (χ0) is 9.68. The minimum atomic E-state index is -1.50. The van der Waals surface area contributed by atoms with Gasteiger partial charge in [0.2, 0.25) is 0 Å². The fourth-order valence-electron chi connectivity index (χ4n) is 0.712. The van der Waals surface area contributed by atoms with E-state index in [-0.39, 0.29) is 5.75 Å². The van der Waals surface area contributed by atoms with Gasteiger partial charge in [-0.3, -0.25) is 4.36 Å². The summed E-state index contributed by atoms with van der Waals surface area (Å²) in [6.45, 7) is 0. The van der Waals surface area contributed by atoms with Crippen molar-refractivity contribution in [3.05, 3.63) is 29.0 Å². The minimum Gasteiger partial charge on any atom is -0.443 e. The van der Waals surface area contributed by atoms with Crippen molar-refractivity contribution in [1.82, 2.24) is 4.98 Å². The van der Waals surface area contributed by atoms with Crippen LogP contribution in [0.5, 0.6) is 0 Å². The summed E-state index contributed by atoms with van der Waals surface area (Å²) in [5, 5.41) is 8.49. The third-order valence-electron chi connectivity index (χ3n) is 1.22. The zero-order valence-corrected chi connectivity index (χ0v) is 8.05. The molecule has 0 saturated heterocycles. The third-order valence-corrected chi connectivity index (χ3v) is 2.31. The van der Waals surface area contributed by atoms with Crippen LogP contribution in [-0.4, -0.2) is 4.98 Å². The van der Waals surface area contributed by atoms with Crippen molar-refractivity contribution < 1.29 is 4.21 Å². The van der Waals surface area contributed by atoms with Crippen LogP contribution in [0.15, 0.2) is 22.7 Å². The molecule has 1 heterocycles. The number of aromatic nitrogens is 1. The molecule has 0 aliphatic carbocycles. The molecule has 0 N–H and O–H groups in total. The molecule has 0 spiro atoms. The van der Waals surface area contributed by atoms with Crippen molar-refractivity contribution in [2.75, 3.05) is 0 Å². The molecule has 0 unspecified atom stereocenters. The van der Waals surface area contributed by atoms with Gasteiger partial charge in [0, 0.05) is 6.20 Å². The summed E-state index contributed by atoms with van der Waals surface area (Å²) in [6, 6.07) is 3.29. The van der Waals surface area contributed by atoms with E-state index in [4.69, 9.17) is 16.9 Å². The van der Waals surface area contributed by atoms with Crippen LogP contribution in [0.25, 0.3) is 0 Å². The summed E-state index contributed by atoms with van der Waals surface area (Å²) in [7, 11) is -1.50. The molecule has 4 nitrogen and oxygen atoms in total. The molecule has 0 saturated carbocycles. The first kappa shape index (κ1) is 9.96. The van der Waals surface area contributed by atoms with E-state index in [2.05, 4.69) is 9.35 Å². The van der Waals surface area contributed by atoms with E-state index in [1.54, 1.807) is 12.1 Å². The number of halogens is 1. The van der Waals surface area contributed by atoms with Gasteiger partial charge in [-0.1, -0.05) is 23.4 Å². The normalized spacial score (nSPS) is 12.3.